The molecule has 0 bridgehead atoms. The minimum atomic E-state index is -0.825. The number of nitrogens with zero attached hydrogens (tertiary/aromatic N) is 1. The van der Waals surface area contributed by atoms with Crippen LogP contribution in [0.4, 0.5) is 0 Å². The Morgan fingerprint density at radius 3 is 2.94 bits per heavy atom. The second-order valence-corrected chi connectivity index (χ2v) is 4.00. The first-order valence-corrected chi connectivity index (χ1v) is 5.42. The first-order chi connectivity index (χ1) is 8.13. The maximum atomic E-state index is 11.1. The van der Waals surface area contributed by atoms with Gasteiger partial charge in [-0.05, 0) is 17.7 Å². The van der Waals surface area contributed by atoms with Gasteiger partial charge in [0.25, 0.3) is 0 Å². The SMILES string of the molecule is COC(=O)C[C@H](O)c1cccc2c1ccn2C. The van der Waals surface area contributed by atoms with E-state index in [1.165, 1.54) is 7.11 Å². The molecule has 0 spiro atoms. The first kappa shape index (κ1) is 11.7. The van der Waals surface area contributed by atoms with Gasteiger partial charge in [-0.15, -0.1) is 0 Å². The summed E-state index contributed by atoms with van der Waals surface area (Å²) < 4.78 is 6.53. The predicted molar refractivity (Wildman–Crippen MR) is 64.5 cm³/mol. The highest BCUT2D eigenvalue weighted by molar-refractivity contribution is 5.84. The second kappa shape index (κ2) is 4.59. The molecule has 0 radical (unpaired) electrons. The van der Waals surface area contributed by atoms with Crippen molar-refractivity contribution in [2.75, 3.05) is 7.11 Å². The molecule has 1 heterocycles. The van der Waals surface area contributed by atoms with Crippen LogP contribution in [-0.4, -0.2) is 22.8 Å². The molecule has 0 saturated heterocycles. The average molecular weight is 233 g/mol. The zero-order valence-corrected chi connectivity index (χ0v) is 9.88. The number of aryl methyl sites for hydroxylation is 1. The monoisotopic (exact) mass is 233 g/mol. The quantitative estimate of drug-likeness (QED) is 0.822. The van der Waals surface area contributed by atoms with Crippen LogP contribution in [0.1, 0.15) is 18.1 Å². The Morgan fingerprint density at radius 1 is 1.47 bits per heavy atom. The van der Waals surface area contributed by atoms with Crippen LogP contribution in [0.2, 0.25) is 0 Å². The number of ether oxygens (including phenoxy) is 1. The molecule has 0 saturated carbocycles. The Kier molecular flexibility index (Phi) is 3.15. The highest BCUT2D eigenvalue weighted by atomic mass is 16.5. The van der Waals surface area contributed by atoms with Crippen LogP contribution < -0.4 is 0 Å². The number of fused-ring (bicyclic) bond motifs is 1. The number of aliphatic hydroxyl groups excluding tert-OH is 1. The lowest BCUT2D eigenvalue weighted by atomic mass is 10.0. The van der Waals surface area contributed by atoms with E-state index in [2.05, 4.69) is 4.74 Å². The number of carbonyl (C=O) groups is 1. The molecule has 17 heavy (non-hydrogen) atoms. The molecule has 2 rings (SSSR count). The lowest BCUT2D eigenvalue weighted by Gasteiger charge is -2.11. The predicted octanol–water partition coefficient (Wildman–Crippen LogP) is 1.77. The van der Waals surface area contributed by atoms with Crippen molar-refractivity contribution >= 4 is 16.9 Å². The van der Waals surface area contributed by atoms with Gasteiger partial charge in [-0.2, -0.15) is 0 Å². The third-order valence-electron chi connectivity index (χ3n) is 2.91. The Labute approximate surface area is 99.4 Å². The van der Waals surface area contributed by atoms with E-state index >= 15 is 0 Å². The van der Waals surface area contributed by atoms with Crippen molar-refractivity contribution in [1.82, 2.24) is 4.57 Å². The standard InChI is InChI=1S/C13H15NO3/c1-14-7-6-9-10(4-3-5-11(9)14)12(15)8-13(16)17-2/h3-7,12,15H,8H2,1-2H3/t12-/m0/s1. The van der Waals surface area contributed by atoms with Gasteiger partial charge in [0.15, 0.2) is 0 Å². The largest absolute Gasteiger partial charge is 0.469 e. The molecule has 1 atom stereocenters. The summed E-state index contributed by atoms with van der Waals surface area (Å²) in [5.74, 6) is -0.412. The number of methoxy groups -OCH3 is 1. The summed E-state index contributed by atoms with van der Waals surface area (Å²) in [7, 11) is 3.26. The Balaban J connectivity index is 2.38. The van der Waals surface area contributed by atoms with Crippen LogP contribution in [0.5, 0.6) is 0 Å². The van der Waals surface area contributed by atoms with Gasteiger partial charge >= 0.3 is 5.97 Å². The van der Waals surface area contributed by atoms with Gasteiger partial charge in [-0.25, -0.2) is 0 Å². The van der Waals surface area contributed by atoms with Crippen molar-refractivity contribution in [3.63, 3.8) is 0 Å². The van der Waals surface area contributed by atoms with Crippen LogP contribution in [0.15, 0.2) is 30.5 Å². The number of hydrogen-bond donors (Lipinski definition) is 1. The second-order valence-electron chi connectivity index (χ2n) is 4.00. The van der Waals surface area contributed by atoms with Gasteiger partial charge in [-0.3, -0.25) is 4.79 Å². The molecule has 0 unspecified atom stereocenters. The van der Waals surface area contributed by atoms with Crippen molar-refractivity contribution < 1.29 is 14.6 Å². The van der Waals surface area contributed by atoms with E-state index in [4.69, 9.17) is 0 Å². The summed E-state index contributed by atoms with van der Waals surface area (Å²) in [4.78, 5) is 11.1. The van der Waals surface area contributed by atoms with Crippen LogP contribution in [-0.2, 0) is 16.6 Å². The summed E-state index contributed by atoms with van der Waals surface area (Å²) in [6, 6.07) is 7.61. The number of carbonyl (C=O) groups excluding carboxylic acids is 1. The Hall–Kier alpha value is -1.81. The Bertz CT molecular complexity index is 545. The normalized spacial score (nSPS) is 12.6. The van der Waals surface area contributed by atoms with Crippen molar-refractivity contribution in [2.24, 2.45) is 7.05 Å². The van der Waals surface area contributed by atoms with Gasteiger partial charge in [0.1, 0.15) is 0 Å². The average Bonchev–Trinajstić information content (AvgIpc) is 2.71. The molecule has 1 aromatic heterocycles. The van der Waals surface area contributed by atoms with Gasteiger partial charge in [0.05, 0.1) is 19.6 Å². The first-order valence-electron chi connectivity index (χ1n) is 5.42. The van der Waals surface area contributed by atoms with E-state index < -0.39 is 12.1 Å². The maximum Gasteiger partial charge on any atom is 0.308 e. The fourth-order valence-corrected chi connectivity index (χ4v) is 1.97. The zero-order chi connectivity index (χ0) is 12.4. The number of esters is 1. The molecule has 0 amide bonds. The van der Waals surface area contributed by atoms with Gasteiger partial charge in [-0.1, -0.05) is 12.1 Å². The van der Waals surface area contributed by atoms with E-state index in [9.17, 15) is 9.90 Å². The lowest BCUT2D eigenvalue weighted by Crippen LogP contribution is -2.08. The van der Waals surface area contributed by atoms with Crippen molar-refractivity contribution in [3.8, 4) is 0 Å². The third kappa shape index (κ3) is 2.17. The fraction of sp³-hybridized carbons (Fsp3) is 0.308. The number of aliphatic hydroxyl groups is 1. The van der Waals surface area contributed by atoms with Crippen molar-refractivity contribution in [2.45, 2.75) is 12.5 Å². The van der Waals surface area contributed by atoms with Crippen molar-refractivity contribution in [3.05, 3.63) is 36.0 Å². The van der Waals surface area contributed by atoms with Crippen LogP contribution in [0.25, 0.3) is 10.9 Å². The minimum absolute atomic E-state index is 0.0233. The number of benzene rings is 1. The van der Waals surface area contributed by atoms with Gasteiger partial charge in [0.2, 0.25) is 0 Å². The molecular formula is C13H15NO3. The highest BCUT2D eigenvalue weighted by Crippen LogP contribution is 2.26. The topological polar surface area (TPSA) is 51.5 Å². The van der Waals surface area contributed by atoms with E-state index in [1.54, 1.807) is 0 Å². The molecule has 2 aromatic rings. The summed E-state index contributed by atoms with van der Waals surface area (Å²) >= 11 is 0. The molecule has 1 N–H and O–H groups in total. The lowest BCUT2D eigenvalue weighted by molar-refractivity contribution is -0.142. The van der Waals surface area contributed by atoms with Gasteiger partial charge in [0, 0.05) is 24.1 Å². The van der Waals surface area contributed by atoms with Crippen LogP contribution in [0, 0.1) is 0 Å². The number of aromatic nitrogens is 1. The molecule has 0 fully saturated rings. The van der Waals surface area contributed by atoms with Crippen molar-refractivity contribution in [1.29, 1.82) is 0 Å². The number of hydrogen-bond acceptors (Lipinski definition) is 3. The van der Waals surface area contributed by atoms with Crippen LogP contribution >= 0.6 is 0 Å². The minimum Gasteiger partial charge on any atom is -0.469 e. The molecular weight excluding hydrogens is 218 g/mol. The molecule has 90 valence electrons. The van der Waals surface area contributed by atoms with E-state index in [1.807, 2.05) is 42.1 Å². The van der Waals surface area contributed by atoms with Crippen LogP contribution in [0.3, 0.4) is 0 Å². The van der Waals surface area contributed by atoms with E-state index in [0.717, 1.165) is 16.5 Å². The van der Waals surface area contributed by atoms with E-state index in [-0.39, 0.29) is 6.42 Å². The molecule has 0 aliphatic heterocycles. The molecule has 1 aromatic carbocycles. The molecule has 4 heteroatoms. The van der Waals surface area contributed by atoms with Gasteiger partial charge < -0.3 is 14.4 Å². The molecule has 0 aliphatic rings. The third-order valence-corrected chi connectivity index (χ3v) is 2.91. The summed E-state index contributed by atoms with van der Waals surface area (Å²) in [6.45, 7) is 0. The molecule has 4 nitrogen and oxygen atoms in total. The zero-order valence-electron chi connectivity index (χ0n) is 9.88. The summed E-state index contributed by atoms with van der Waals surface area (Å²) in [5.41, 5.74) is 1.79. The number of rotatable bonds is 3. The Morgan fingerprint density at radius 2 is 2.24 bits per heavy atom. The fourth-order valence-electron chi connectivity index (χ4n) is 1.97. The summed E-state index contributed by atoms with van der Waals surface area (Å²) in [6.07, 6.45) is 1.08. The smallest absolute Gasteiger partial charge is 0.308 e. The maximum absolute atomic E-state index is 11.1. The van der Waals surface area contributed by atoms with E-state index in [0.29, 0.717) is 0 Å². The molecule has 0 aliphatic carbocycles. The summed E-state index contributed by atoms with van der Waals surface area (Å²) in [5, 5.41) is 11.0. The highest BCUT2D eigenvalue weighted by Gasteiger charge is 2.16.